The Kier molecular flexibility index (Phi) is 65.4. The quantitative estimate of drug-likeness (QED) is 0.0497. The van der Waals surface area contributed by atoms with Crippen LogP contribution < -0.4 is 0 Å². The molecule has 9 amide bonds. The first-order valence-electron chi connectivity index (χ1n) is 46.5. The minimum absolute atomic E-state index is 0. The molecule has 0 aromatic carbocycles. The Morgan fingerprint density at radius 1 is 0.290 bits per heavy atom. The number of hydrogen-bond donors (Lipinski definition) is 0. The van der Waals surface area contributed by atoms with E-state index in [4.69, 9.17) is 42.6 Å². The van der Waals surface area contributed by atoms with E-state index in [9.17, 15) is 43.2 Å². The van der Waals surface area contributed by atoms with Crippen LogP contribution in [0.15, 0.2) is 114 Å². The largest absolute Gasteiger partial charge is 0.554 e. The number of carbonyl (C=O) groups is 9. The molecular weight excluding hydrogens is 1820 g/mol. The van der Waals surface area contributed by atoms with Gasteiger partial charge in [-0.25, -0.2) is 13.2 Å². The number of piperidine rings is 7. The maximum atomic E-state index is 12.1. The number of hydrogen-bond acceptors (Lipinski definition) is 18. The van der Waals surface area contributed by atoms with Gasteiger partial charge in [0.15, 0.2) is 0 Å². The van der Waals surface area contributed by atoms with E-state index in [2.05, 4.69) is 142 Å². The fourth-order valence-electron chi connectivity index (χ4n) is 20.3. The van der Waals surface area contributed by atoms with Crippen LogP contribution in [0.1, 0.15) is 212 Å². The second kappa shape index (κ2) is 67.1. The van der Waals surface area contributed by atoms with Crippen molar-refractivity contribution in [3.63, 3.8) is 0 Å². The molecule has 29 heteroatoms. The topological polar surface area (TPSA) is 266 Å². The predicted octanol–water partition coefficient (Wildman–Crippen LogP) is 14.8. The third-order valence-corrected chi connectivity index (χ3v) is 25.8. The zero-order valence-electron chi connectivity index (χ0n) is 85.1. The van der Waals surface area contributed by atoms with Gasteiger partial charge in [-0.2, -0.15) is 12.8 Å². The summed E-state index contributed by atoms with van der Waals surface area (Å²) in [6, 6.07) is 0.518. The van der Waals surface area contributed by atoms with Crippen molar-refractivity contribution in [1.29, 1.82) is 0 Å². The second-order valence-electron chi connectivity index (χ2n) is 38.6. The summed E-state index contributed by atoms with van der Waals surface area (Å²) in [5.41, 5.74) is -0.868. The van der Waals surface area contributed by atoms with E-state index in [1.807, 2.05) is 57.3 Å². The first kappa shape index (κ1) is 128. The first-order chi connectivity index (χ1) is 60.9. The molecule has 0 aliphatic carbocycles. The van der Waals surface area contributed by atoms with Gasteiger partial charge in [0, 0.05) is 239 Å². The third-order valence-electron chi connectivity index (χ3n) is 25.8. The molecule has 9 rings (SSSR count). The van der Waals surface area contributed by atoms with Crippen molar-refractivity contribution < 1.29 is 151 Å². The summed E-state index contributed by atoms with van der Waals surface area (Å²) in [5, 5.41) is 0. The SMILES string of the molecule is C=CC(=O)N1C(C)(C)CC(COC)CC1(C)C.C=CC(=O)N1C(C)(C)CC(C[CH-]OC)CC1(C)C.C=CC(=O)N1C(C)(C)CCC(COC)C1(C)C.C=CC(=O)N1CCC(COC)C1.C=CC(=O)N1CCC(COC)CC1.C=CC(=O)N1CCC(C[CH-]OC)CC1.C=CC(=O)N1CCCC(COC)C1.C=CC(=O)N1CCCC1COC.C=CC(=O)N1CCCCC1COC.[Y].[Y]. The second-order valence-corrected chi connectivity index (χ2v) is 38.6. The van der Waals surface area contributed by atoms with Gasteiger partial charge >= 0.3 is 0 Å². The molecule has 0 spiro atoms. The van der Waals surface area contributed by atoms with Crippen LogP contribution in [0, 0.1) is 54.6 Å². The Labute approximate surface area is 842 Å². The van der Waals surface area contributed by atoms with E-state index >= 15 is 0 Å². The average Bonchev–Trinajstić information content (AvgIpc) is 0.921. The van der Waals surface area contributed by atoms with Crippen molar-refractivity contribution >= 4 is 53.2 Å². The molecule has 5 unspecified atom stereocenters. The zero-order valence-corrected chi connectivity index (χ0v) is 90.8. The molecular formula is C102H175N9O18Y2-2. The summed E-state index contributed by atoms with van der Waals surface area (Å²) in [5.74, 6) is 4.06. The Bertz CT molecular complexity index is 3410. The maximum absolute atomic E-state index is 12.1. The van der Waals surface area contributed by atoms with Crippen molar-refractivity contribution in [1.82, 2.24) is 44.1 Å². The monoisotopic (exact) mass is 1990 g/mol. The van der Waals surface area contributed by atoms with E-state index in [0.717, 1.165) is 214 Å². The van der Waals surface area contributed by atoms with Crippen molar-refractivity contribution in [3.8, 4) is 0 Å². The minimum atomic E-state index is -0.191. The van der Waals surface area contributed by atoms with Crippen molar-refractivity contribution in [2.24, 2.45) is 41.4 Å². The number of methoxy groups -OCH3 is 9. The number of carbonyl (C=O) groups excluding carboxylic acids is 9. The zero-order chi connectivity index (χ0) is 97.9. The van der Waals surface area contributed by atoms with Crippen LogP contribution in [0.25, 0.3) is 0 Å². The molecule has 2 radical (unpaired) electrons. The molecule has 9 fully saturated rings. The Morgan fingerprint density at radius 3 is 0.969 bits per heavy atom. The normalized spacial score (nSPS) is 22.1. The van der Waals surface area contributed by atoms with E-state index in [1.54, 1.807) is 64.0 Å². The van der Waals surface area contributed by atoms with Crippen molar-refractivity contribution in [3.05, 3.63) is 127 Å². The van der Waals surface area contributed by atoms with Gasteiger partial charge in [0.25, 0.3) is 0 Å². The Morgan fingerprint density at radius 2 is 0.588 bits per heavy atom. The number of rotatable bonds is 29. The van der Waals surface area contributed by atoms with Gasteiger partial charge in [0.2, 0.25) is 53.2 Å². The van der Waals surface area contributed by atoms with Gasteiger partial charge < -0.3 is 86.7 Å². The molecule has 0 aromatic rings. The van der Waals surface area contributed by atoms with E-state index < -0.39 is 0 Å². The number of nitrogens with zero attached hydrogens (tertiary/aromatic N) is 9. The minimum Gasteiger partial charge on any atom is -0.554 e. The summed E-state index contributed by atoms with van der Waals surface area (Å²) < 4.78 is 45.8. The Balaban J connectivity index is 0. The van der Waals surface area contributed by atoms with Crippen LogP contribution in [0.2, 0.25) is 0 Å². The summed E-state index contributed by atoms with van der Waals surface area (Å²) >= 11 is 0. The fourth-order valence-corrected chi connectivity index (χ4v) is 20.3. The number of amides is 9. The van der Waals surface area contributed by atoms with Gasteiger partial charge in [0.05, 0.1) is 45.1 Å². The summed E-state index contributed by atoms with van der Waals surface area (Å²) in [4.78, 5) is 121. The molecule has 0 saturated carbocycles. The van der Waals surface area contributed by atoms with Gasteiger partial charge in [0.1, 0.15) is 0 Å². The van der Waals surface area contributed by atoms with Gasteiger partial charge in [-0.15, -0.1) is 0 Å². The third kappa shape index (κ3) is 44.4. The van der Waals surface area contributed by atoms with Gasteiger partial charge in [-0.05, 0) is 285 Å². The van der Waals surface area contributed by atoms with Crippen LogP contribution in [-0.2, 0) is 151 Å². The van der Waals surface area contributed by atoms with Crippen LogP contribution in [0.4, 0.5) is 0 Å². The van der Waals surface area contributed by atoms with E-state index in [0.29, 0.717) is 61.2 Å². The summed E-state index contributed by atoms with van der Waals surface area (Å²) in [7, 11) is 15.3. The maximum Gasteiger partial charge on any atom is 0.246 e. The summed E-state index contributed by atoms with van der Waals surface area (Å²) in [6.07, 6.45) is 33.5. The molecule has 9 saturated heterocycles. The molecule has 9 aliphatic rings. The van der Waals surface area contributed by atoms with Crippen molar-refractivity contribution in [2.75, 3.05) is 176 Å². The van der Waals surface area contributed by atoms with Crippen LogP contribution in [0.5, 0.6) is 0 Å². The van der Waals surface area contributed by atoms with Crippen molar-refractivity contribution in [2.45, 2.75) is 257 Å². The number of likely N-dealkylation sites (tertiary alicyclic amines) is 9. The first-order valence-corrected chi connectivity index (χ1v) is 46.5. The van der Waals surface area contributed by atoms with E-state index in [1.165, 1.54) is 61.1 Å². The Hall–Kier alpha value is -5.26. The fraction of sp³-hybridized carbons (Fsp3) is 0.716. The predicted molar refractivity (Wildman–Crippen MR) is 517 cm³/mol. The van der Waals surface area contributed by atoms with Crippen LogP contribution in [0.3, 0.4) is 0 Å². The van der Waals surface area contributed by atoms with Crippen LogP contribution >= 0.6 is 0 Å². The molecule has 0 bridgehead atoms. The smallest absolute Gasteiger partial charge is 0.246 e. The molecule has 744 valence electrons. The molecule has 27 nitrogen and oxygen atoms in total. The molecule has 9 heterocycles. The van der Waals surface area contributed by atoms with E-state index in [-0.39, 0.29) is 164 Å². The molecule has 131 heavy (non-hydrogen) atoms. The number of ether oxygens (including phenoxy) is 9. The molecule has 9 aliphatic heterocycles. The van der Waals surface area contributed by atoms with Gasteiger partial charge in [-0.1, -0.05) is 71.0 Å². The van der Waals surface area contributed by atoms with Crippen LogP contribution in [-0.4, -0.2) is 318 Å². The molecule has 0 N–H and O–H groups in total. The van der Waals surface area contributed by atoms with Gasteiger partial charge in [-0.3, -0.25) is 43.2 Å². The molecule has 0 aromatic heterocycles. The standard InChI is InChI=1S/C15H26NO2.2C14H25NO2.C11H18NO2.3C10H17NO2.2C9H15NO2.2Y/c1-7-13(17)16-14(2,3)10-12(8-9-18-6)11-15(16,4)5;1-7-12(16)15-13(2,3)8-11(10-17-6)9-14(15,4)5;1-7-12(16)15-13(2,3)9-8-11(10-17-6)14(15,4)5;1-3-11(13)12-7-4-10(5-8-12)6-9-14-2;1-3-10(12)11-6-4-9(5-7-11)8-13-2;1-3-10(12)11-6-4-5-9(7-11)8-13-2;1-3-10(12)11-7-5-4-6-9(11)8-13-2;1-3-9(11)10-5-4-8(6-10)7-12-2;1-3-9(11)10-6-4-5-8(10)7-12-2;;/h7,9,12H,1,8,10-11H2,2-6H3;2*7,11H,1,8-10H2,2-6H3;3,9-10H,1,4-8H2,2H3;3*3,9H,1,4-8H2,2H3;2*3,8H,1,4-7H2,2H3;;/q-1;;;-1;;;;;;;. The molecule has 5 atom stereocenters. The summed E-state index contributed by atoms with van der Waals surface area (Å²) in [6.45, 7) is 74.4. The average molecular weight is 1990 g/mol.